The number of amides is 1. The highest BCUT2D eigenvalue weighted by molar-refractivity contribution is 7.10. The normalized spacial score (nSPS) is 16.4. The minimum absolute atomic E-state index is 0.0258. The largest absolute Gasteiger partial charge is 0.493 e. The first-order chi connectivity index (χ1) is 10.7. The lowest BCUT2D eigenvalue weighted by Crippen LogP contribution is -2.22. The van der Waals surface area contributed by atoms with Crippen molar-refractivity contribution < 1.29 is 14.3 Å². The zero-order valence-corrected chi connectivity index (χ0v) is 12.9. The second kappa shape index (κ2) is 6.12. The molecular formula is C17H15NO3S. The topological polar surface area (TPSA) is 47.6 Å². The molecule has 1 aromatic heterocycles. The minimum atomic E-state index is 0.0258. The minimum Gasteiger partial charge on any atom is -0.493 e. The molecule has 1 aliphatic rings. The number of anilines is 1. The lowest BCUT2D eigenvalue weighted by Gasteiger charge is -2.23. The van der Waals surface area contributed by atoms with Gasteiger partial charge in [-0.25, -0.2) is 0 Å². The molecule has 3 rings (SSSR count). The molecule has 5 heteroatoms. The van der Waals surface area contributed by atoms with Gasteiger partial charge >= 0.3 is 0 Å². The number of fused-ring (bicyclic) bond motifs is 1. The van der Waals surface area contributed by atoms with Crippen molar-refractivity contribution in [2.75, 3.05) is 19.0 Å². The van der Waals surface area contributed by atoms with Gasteiger partial charge in [0, 0.05) is 17.2 Å². The molecule has 0 bridgehead atoms. The van der Waals surface area contributed by atoms with Gasteiger partial charge in [0.2, 0.25) is 5.91 Å². The number of nitrogens with one attached hydrogen (secondary N) is 1. The van der Waals surface area contributed by atoms with Gasteiger partial charge in [0.1, 0.15) is 6.61 Å². The van der Waals surface area contributed by atoms with E-state index in [-0.39, 0.29) is 18.4 Å². The van der Waals surface area contributed by atoms with Crippen LogP contribution in [0, 0.1) is 12.3 Å². The molecule has 0 saturated heterocycles. The highest BCUT2D eigenvalue weighted by atomic mass is 32.1. The van der Waals surface area contributed by atoms with E-state index in [1.54, 1.807) is 18.4 Å². The predicted octanol–water partition coefficient (Wildman–Crippen LogP) is 3.24. The summed E-state index contributed by atoms with van der Waals surface area (Å²) in [7, 11) is 1.59. The number of methoxy groups -OCH3 is 1. The third-order valence-electron chi connectivity index (χ3n) is 3.58. The van der Waals surface area contributed by atoms with E-state index < -0.39 is 0 Å². The van der Waals surface area contributed by atoms with Crippen molar-refractivity contribution in [1.82, 2.24) is 0 Å². The van der Waals surface area contributed by atoms with Gasteiger partial charge in [-0.15, -0.1) is 17.8 Å². The standard InChI is InChI=1S/C17H15NO3S/c1-3-7-21-15-9-11(4-5-14(15)20-2)12-10-16(19)18-13-6-8-22-17(12)13/h1,4-6,8-9,12H,7,10H2,2H3,(H,18,19). The maximum absolute atomic E-state index is 11.9. The van der Waals surface area contributed by atoms with Crippen LogP contribution in [0.25, 0.3) is 0 Å². The van der Waals surface area contributed by atoms with Gasteiger partial charge in [-0.05, 0) is 29.1 Å². The van der Waals surface area contributed by atoms with Crippen molar-refractivity contribution in [3.05, 3.63) is 40.1 Å². The van der Waals surface area contributed by atoms with Crippen LogP contribution in [0.3, 0.4) is 0 Å². The highest BCUT2D eigenvalue weighted by Gasteiger charge is 2.28. The maximum Gasteiger partial charge on any atom is 0.225 e. The Morgan fingerprint density at radius 2 is 2.27 bits per heavy atom. The molecule has 22 heavy (non-hydrogen) atoms. The number of terminal acetylenes is 1. The monoisotopic (exact) mass is 313 g/mol. The molecule has 1 amide bonds. The summed E-state index contributed by atoms with van der Waals surface area (Å²) in [5.41, 5.74) is 1.92. The number of hydrogen-bond acceptors (Lipinski definition) is 4. The van der Waals surface area contributed by atoms with Crippen LogP contribution in [0.15, 0.2) is 29.6 Å². The summed E-state index contributed by atoms with van der Waals surface area (Å²) in [6.07, 6.45) is 5.67. The van der Waals surface area contributed by atoms with Crippen LogP contribution < -0.4 is 14.8 Å². The van der Waals surface area contributed by atoms with Gasteiger partial charge in [0.05, 0.1) is 12.8 Å². The molecule has 0 fully saturated rings. The van der Waals surface area contributed by atoms with Crippen molar-refractivity contribution in [1.29, 1.82) is 0 Å². The van der Waals surface area contributed by atoms with Gasteiger partial charge in [-0.2, -0.15) is 0 Å². The van der Waals surface area contributed by atoms with E-state index in [1.165, 1.54) is 0 Å². The van der Waals surface area contributed by atoms with Crippen LogP contribution >= 0.6 is 11.3 Å². The Balaban J connectivity index is 1.99. The summed E-state index contributed by atoms with van der Waals surface area (Å²) in [6.45, 7) is 0.176. The molecule has 0 aliphatic carbocycles. The zero-order chi connectivity index (χ0) is 15.5. The smallest absolute Gasteiger partial charge is 0.225 e. The second-order valence-corrected chi connectivity index (χ2v) is 5.85. The third kappa shape index (κ3) is 2.66. The number of carbonyl (C=O) groups is 1. The van der Waals surface area contributed by atoms with E-state index in [0.29, 0.717) is 17.9 Å². The Morgan fingerprint density at radius 3 is 3.05 bits per heavy atom. The molecule has 1 aliphatic heterocycles. The molecule has 2 aromatic rings. The maximum atomic E-state index is 11.9. The zero-order valence-electron chi connectivity index (χ0n) is 12.1. The fraction of sp³-hybridized carbons (Fsp3) is 0.235. The van der Waals surface area contributed by atoms with E-state index in [9.17, 15) is 4.79 Å². The molecule has 0 radical (unpaired) electrons. The number of ether oxygens (including phenoxy) is 2. The van der Waals surface area contributed by atoms with Gasteiger partial charge in [-0.3, -0.25) is 4.79 Å². The SMILES string of the molecule is C#CCOc1cc(C2CC(=O)Nc3ccsc32)ccc1OC. The Bertz CT molecular complexity index is 745. The molecule has 0 spiro atoms. The third-order valence-corrected chi connectivity index (χ3v) is 4.61. The number of carbonyl (C=O) groups excluding carboxylic acids is 1. The number of rotatable bonds is 4. The summed E-state index contributed by atoms with van der Waals surface area (Å²) in [5, 5.41) is 4.89. The summed E-state index contributed by atoms with van der Waals surface area (Å²) < 4.78 is 10.8. The second-order valence-electron chi connectivity index (χ2n) is 4.91. The van der Waals surface area contributed by atoms with Crippen LogP contribution in [0.1, 0.15) is 22.8 Å². The average molecular weight is 313 g/mol. The van der Waals surface area contributed by atoms with Crippen LogP contribution in [0.4, 0.5) is 5.69 Å². The fourth-order valence-corrected chi connectivity index (χ4v) is 3.57. The van der Waals surface area contributed by atoms with Gasteiger partial charge in [0.25, 0.3) is 0 Å². The Morgan fingerprint density at radius 1 is 1.41 bits per heavy atom. The van der Waals surface area contributed by atoms with Crippen molar-refractivity contribution in [2.45, 2.75) is 12.3 Å². The van der Waals surface area contributed by atoms with Crippen molar-refractivity contribution in [3.8, 4) is 23.8 Å². The summed E-state index contributed by atoms with van der Waals surface area (Å²) in [4.78, 5) is 13.1. The molecule has 0 saturated carbocycles. The first-order valence-electron chi connectivity index (χ1n) is 6.84. The molecule has 1 atom stereocenters. The highest BCUT2D eigenvalue weighted by Crippen LogP contribution is 2.42. The molecule has 4 nitrogen and oxygen atoms in total. The average Bonchev–Trinajstić information content (AvgIpc) is 3.00. The summed E-state index contributed by atoms with van der Waals surface area (Å²) >= 11 is 1.64. The molecule has 112 valence electrons. The van der Waals surface area contributed by atoms with Crippen LogP contribution in [-0.2, 0) is 4.79 Å². The van der Waals surface area contributed by atoms with Crippen molar-refractivity contribution in [3.63, 3.8) is 0 Å². The Kier molecular flexibility index (Phi) is 4.03. The quantitative estimate of drug-likeness (QED) is 0.882. The van der Waals surface area contributed by atoms with Gasteiger partial charge in [0.15, 0.2) is 11.5 Å². The molecule has 1 unspecified atom stereocenters. The van der Waals surface area contributed by atoms with Crippen LogP contribution in [-0.4, -0.2) is 19.6 Å². The molecule has 2 heterocycles. The first kappa shape index (κ1) is 14.5. The van der Waals surface area contributed by atoms with Crippen LogP contribution in [0.2, 0.25) is 0 Å². The predicted molar refractivity (Wildman–Crippen MR) is 86.7 cm³/mol. The lowest BCUT2D eigenvalue weighted by molar-refractivity contribution is -0.116. The van der Waals surface area contributed by atoms with E-state index >= 15 is 0 Å². The fourth-order valence-electron chi connectivity index (χ4n) is 2.58. The van der Waals surface area contributed by atoms with Gasteiger partial charge < -0.3 is 14.8 Å². The van der Waals surface area contributed by atoms with Gasteiger partial charge in [-0.1, -0.05) is 12.0 Å². The molecular weight excluding hydrogens is 298 g/mol. The summed E-state index contributed by atoms with van der Waals surface area (Å²) in [5.74, 6) is 3.73. The molecule has 1 N–H and O–H groups in total. The first-order valence-corrected chi connectivity index (χ1v) is 7.72. The lowest BCUT2D eigenvalue weighted by atomic mass is 9.90. The van der Waals surface area contributed by atoms with Crippen molar-refractivity contribution >= 4 is 22.9 Å². The Hall–Kier alpha value is -2.45. The number of thiophene rings is 1. The number of benzene rings is 1. The van der Waals surface area contributed by atoms with Crippen LogP contribution in [0.5, 0.6) is 11.5 Å². The van der Waals surface area contributed by atoms with E-state index in [4.69, 9.17) is 15.9 Å². The van der Waals surface area contributed by atoms with E-state index in [2.05, 4.69) is 11.2 Å². The number of hydrogen-bond donors (Lipinski definition) is 1. The van der Waals surface area contributed by atoms with E-state index in [1.807, 2.05) is 29.6 Å². The Labute approximate surface area is 133 Å². The van der Waals surface area contributed by atoms with E-state index in [0.717, 1.165) is 16.1 Å². The summed E-state index contributed by atoms with van der Waals surface area (Å²) in [6, 6.07) is 7.65. The molecule has 1 aromatic carbocycles. The van der Waals surface area contributed by atoms with Crippen molar-refractivity contribution in [2.24, 2.45) is 0 Å².